The largest absolute Gasteiger partial charge is 0.372 e. The molecule has 1 fully saturated rings. The minimum atomic E-state index is -0.0378. The Labute approximate surface area is 147 Å². The minimum absolute atomic E-state index is 0.0133. The van der Waals surface area contributed by atoms with Gasteiger partial charge in [-0.2, -0.15) is 0 Å². The Morgan fingerprint density at radius 2 is 1.88 bits per heavy atom. The van der Waals surface area contributed by atoms with Crippen molar-refractivity contribution in [1.29, 1.82) is 0 Å². The van der Waals surface area contributed by atoms with Crippen LogP contribution in [0.1, 0.15) is 23.7 Å². The average Bonchev–Trinajstić information content (AvgIpc) is 3.08. The first-order chi connectivity index (χ1) is 11.7. The number of ether oxygens (including phenoxy) is 1. The Morgan fingerprint density at radius 1 is 1.12 bits per heavy atom. The van der Waals surface area contributed by atoms with E-state index < -0.39 is 0 Å². The van der Waals surface area contributed by atoms with Crippen LogP contribution in [0.4, 0.5) is 0 Å². The summed E-state index contributed by atoms with van der Waals surface area (Å²) in [5.41, 5.74) is 2.17. The predicted molar refractivity (Wildman–Crippen MR) is 94.8 cm³/mol. The minimum Gasteiger partial charge on any atom is -0.372 e. The van der Waals surface area contributed by atoms with Gasteiger partial charge in [-0.25, -0.2) is 0 Å². The lowest BCUT2D eigenvalue weighted by atomic mass is 10.0. The molecule has 0 saturated carbocycles. The Balaban J connectivity index is 1.48. The lowest BCUT2D eigenvalue weighted by Gasteiger charge is -2.20. The Morgan fingerprint density at radius 3 is 2.62 bits per heavy atom. The van der Waals surface area contributed by atoms with Gasteiger partial charge >= 0.3 is 0 Å². The van der Waals surface area contributed by atoms with Gasteiger partial charge in [0.15, 0.2) is 0 Å². The normalized spacial score (nSPS) is 20.0. The maximum atomic E-state index is 12.0. The molecule has 1 heterocycles. The molecule has 2 N–H and O–H groups in total. The quantitative estimate of drug-likeness (QED) is 0.846. The molecule has 0 bridgehead atoms. The Bertz CT molecular complexity index is 661. The first-order valence-electron chi connectivity index (χ1n) is 8.13. The van der Waals surface area contributed by atoms with E-state index in [0.717, 1.165) is 17.5 Å². The lowest BCUT2D eigenvalue weighted by Crippen LogP contribution is -2.40. The first-order valence-corrected chi connectivity index (χ1v) is 8.51. The number of carbonyl (C=O) groups is 1. The number of nitrogens with one attached hydrogen (secondary N) is 2. The van der Waals surface area contributed by atoms with Crippen molar-refractivity contribution < 1.29 is 9.53 Å². The molecule has 0 spiro atoms. The second-order valence-corrected chi connectivity index (χ2v) is 6.32. The van der Waals surface area contributed by atoms with Gasteiger partial charge in [0, 0.05) is 24.2 Å². The molecule has 24 heavy (non-hydrogen) atoms. The fourth-order valence-corrected chi connectivity index (χ4v) is 2.99. The lowest BCUT2D eigenvalue weighted by molar-refractivity contribution is -0.120. The fraction of sp³-hybridized carbons (Fsp3) is 0.316. The van der Waals surface area contributed by atoms with Gasteiger partial charge in [-0.05, 0) is 29.7 Å². The molecule has 5 heteroatoms. The van der Waals surface area contributed by atoms with Crippen LogP contribution in [0.3, 0.4) is 0 Å². The van der Waals surface area contributed by atoms with Crippen LogP contribution in [0.5, 0.6) is 0 Å². The van der Waals surface area contributed by atoms with E-state index in [2.05, 4.69) is 10.6 Å². The van der Waals surface area contributed by atoms with Gasteiger partial charge in [0.1, 0.15) is 0 Å². The molecule has 1 aliphatic rings. The van der Waals surface area contributed by atoms with E-state index in [1.54, 1.807) is 0 Å². The van der Waals surface area contributed by atoms with Gasteiger partial charge in [0.05, 0.1) is 12.6 Å². The number of benzene rings is 2. The second kappa shape index (κ2) is 8.29. The van der Waals surface area contributed by atoms with Crippen molar-refractivity contribution in [2.45, 2.75) is 25.1 Å². The molecule has 0 aromatic heterocycles. The van der Waals surface area contributed by atoms with Crippen LogP contribution in [-0.4, -0.2) is 25.1 Å². The predicted octanol–water partition coefficient (Wildman–Crippen LogP) is 3.08. The topological polar surface area (TPSA) is 50.4 Å². The van der Waals surface area contributed by atoms with E-state index in [4.69, 9.17) is 16.3 Å². The van der Waals surface area contributed by atoms with Crippen molar-refractivity contribution in [3.8, 4) is 0 Å². The van der Waals surface area contributed by atoms with Gasteiger partial charge in [0.25, 0.3) is 0 Å². The summed E-state index contributed by atoms with van der Waals surface area (Å²) in [7, 11) is 0. The van der Waals surface area contributed by atoms with Crippen LogP contribution in [0.15, 0.2) is 54.6 Å². The summed E-state index contributed by atoms with van der Waals surface area (Å²) in [6, 6.07) is 17.7. The van der Waals surface area contributed by atoms with Crippen LogP contribution in [0, 0.1) is 0 Å². The highest BCUT2D eigenvalue weighted by Gasteiger charge is 2.29. The van der Waals surface area contributed by atoms with Crippen molar-refractivity contribution in [3.05, 3.63) is 70.7 Å². The summed E-state index contributed by atoms with van der Waals surface area (Å²) in [6.45, 7) is 1.52. The van der Waals surface area contributed by atoms with Gasteiger partial charge in [-0.15, -0.1) is 0 Å². The third-order valence-corrected chi connectivity index (χ3v) is 4.40. The Kier molecular flexibility index (Phi) is 5.86. The second-order valence-electron chi connectivity index (χ2n) is 5.88. The van der Waals surface area contributed by atoms with Crippen LogP contribution in [-0.2, 0) is 16.1 Å². The molecule has 1 saturated heterocycles. The third kappa shape index (κ3) is 4.57. The van der Waals surface area contributed by atoms with Gasteiger partial charge < -0.3 is 15.4 Å². The van der Waals surface area contributed by atoms with Gasteiger partial charge in [0.2, 0.25) is 5.91 Å². The zero-order valence-electron chi connectivity index (χ0n) is 13.4. The molecule has 4 nitrogen and oxygen atoms in total. The molecule has 2 atom stereocenters. The fourth-order valence-electron chi connectivity index (χ4n) is 2.86. The summed E-state index contributed by atoms with van der Waals surface area (Å²) in [5.74, 6) is -0.0133. The SMILES string of the molecule is O=C(CN[C@H]1CCO[C@H]1c1ccc(Cl)cc1)NCc1ccccc1. The zero-order chi connectivity index (χ0) is 16.8. The van der Waals surface area contributed by atoms with E-state index in [0.29, 0.717) is 18.2 Å². The average molecular weight is 345 g/mol. The highest BCUT2D eigenvalue weighted by atomic mass is 35.5. The highest BCUT2D eigenvalue weighted by molar-refractivity contribution is 6.30. The van der Waals surface area contributed by atoms with Crippen molar-refractivity contribution in [1.82, 2.24) is 10.6 Å². The smallest absolute Gasteiger partial charge is 0.234 e. The van der Waals surface area contributed by atoms with Crippen LogP contribution < -0.4 is 10.6 Å². The van der Waals surface area contributed by atoms with Crippen LogP contribution >= 0.6 is 11.6 Å². The molecule has 126 valence electrons. The number of halogens is 1. The van der Waals surface area contributed by atoms with E-state index in [1.165, 1.54) is 0 Å². The van der Waals surface area contributed by atoms with Crippen molar-refractivity contribution in [2.75, 3.05) is 13.2 Å². The number of carbonyl (C=O) groups excluding carboxylic acids is 1. The monoisotopic (exact) mass is 344 g/mol. The molecular formula is C19H21ClN2O2. The highest BCUT2D eigenvalue weighted by Crippen LogP contribution is 2.29. The maximum absolute atomic E-state index is 12.0. The molecule has 1 amide bonds. The summed E-state index contributed by atoms with van der Waals surface area (Å²) in [6.07, 6.45) is 0.850. The molecule has 2 aromatic carbocycles. The Hall–Kier alpha value is -1.88. The van der Waals surface area contributed by atoms with Crippen molar-refractivity contribution >= 4 is 17.5 Å². The number of hydrogen-bond donors (Lipinski definition) is 2. The molecule has 1 aliphatic heterocycles. The van der Waals surface area contributed by atoms with Gasteiger partial charge in [-0.3, -0.25) is 4.79 Å². The van der Waals surface area contributed by atoms with E-state index in [-0.39, 0.29) is 24.6 Å². The van der Waals surface area contributed by atoms with Crippen LogP contribution in [0.25, 0.3) is 0 Å². The third-order valence-electron chi connectivity index (χ3n) is 4.15. The number of rotatable bonds is 6. The molecule has 2 aromatic rings. The number of amides is 1. The van der Waals surface area contributed by atoms with E-state index in [1.807, 2.05) is 54.6 Å². The van der Waals surface area contributed by atoms with Crippen molar-refractivity contribution in [3.63, 3.8) is 0 Å². The first kappa shape index (κ1) is 17.0. The molecule has 0 unspecified atom stereocenters. The van der Waals surface area contributed by atoms with Gasteiger partial charge in [-0.1, -0.05) is 54.1 Å². The van der Waals surface area contributed by atoms with E-state index in [9.17, 15) is 4.79 Å². The van der Waals surface area contributed by atoms with Crippen molar-refractivity contribution in [2.24, 2.45) is 0 Å². The zero-order valence-corrected chi connectivity index (χ0v) is 14.1. The summed E-state index contributed by atoms with van der Waals surface area (Å²) in [5, 5.41) is 6.95. The van der Waals surface area contributed by atoms with E-state index >= 15 is 0 Å². The maximum Gasteiger partial charge on any atom is 0.234 e. The molecular weight excluding hydrogens is 324 g/mol. The van der Waals surface area contributed by atoms with Crippen LogP contribution in [0.2, 0.25) is 5.02 Å². The molecule has 0 radical (unpaired) electrons. The summed E-state index contributed by atoms with van der Waals surface area (Å²) < 4.78 is 5.82. The standard InChI is InChI=1S/C19H21ClN2O2/c20-16-8-6-15(7-9-16)19-17(10-11-24-19)21-13-18(23)22-12-14-4-2-1-3-5-14/h1-9,17,19,21H,10-13H2,(H,22,23)/t17-,19-/m0/s1. The summed E-state index contributed by atoms with van der Waals surface area (Å²) >= 11 is 5.93. The summed E-state index contributed by atoms with van der Waals surface area (Å²) in [4.78, 5) is 12.0. The number of hydrogen-bond acceptors (Lipinski definition) is 3. The molecule has 0 aliphatic carbocycles. The molecule has 3 rings (SSSR count).